The molecule has 0 radical (unpaired) electrons. The van der Waals surface area contributed by atoms with Crippen LogP contribution in [0.1, 0.15) is 50.8 Å². The largest absolute Gasteiger partial charge is 0.474 e. The number of carboxylic acid groups (broad SMARTS) is 1. The van der Waals surface area contributed by atoms with Gasteiger partial charge in [0, 0.05) is 25.4 Å². The minimum absolute atomic E-state index is 0.0737. The van der Waals surface area contributed by atoms with E-state index in [1.165, 1.54) is 11.2 Å². The predicted molar refractivity (Wildman–Crippen MR) is 124 cm³/mol. The molecular weight excluding hydrogens is 478 g/mol. The molecule has 3 unspecified atom stereocenters. The molecule has 2 aliphatic heterocycles. The van der Waals surface area contributed by atoms with Crippen LogP contribution in [0, 0.1) is 12.3 Å². The molecule has 0 aliphatic carbocycles. The Morgan fingerprint density at radius 2 is 1.86 bits per heavy atom. The van der Waals surface area contributed by atoms with E-state index < -0.39 is 22.6 Å². The first-order valence-electron chi connectivity index (χ1n) is 11.3. The Morgan fingerprint density at radius 3 is 2.46 bits per heavy atom. The van der Waals surface area contributed by atoms with E-state index in [2.05, 4.69) is 14.2 Å². The molecule has 2 saturated heterocycles. The Kier molecular flexibility index (Phi) is 6.89. The van der Waals surface area contributed by atoms with Gasteiger partial charge in [-0.1, -0.05) is 32.9 Å². The molecule has 2 aliphatic rings. The average Bonchev–Trinajstić information content (AvgIpc) is 3.16. The lowest BCUT2D eigenvalue weighted by molar-refractivity contribution is 0.0113. The smallest absolute Gasteiger partial charge is 0.407 e. The number of nitrogens with zero attached hydrogens (tertiary/aromatic N) is 3. The summed E-state index contributed by atoms with van der Waals surface area (Å²) in [6, 6.07) is 6.57. The highest BCUT2D eigenvalue weighted by Gasteiger charge is 2.39. The van der Waals surface area contributed by atoms with Crippen LogP contribution < -0.4 is 9.47 Å². The van der Waals surface area contributed by atoms with Crippen molar-refractivity contribution in [2.45, 2.75) is 58.8 Å². The van der Waals surface area contributed by atoms with E-state index in [-0.39, 0.29) is 24.2 Å². The second-order valence-corrected chi connectivity index (χ2v) is 10.9. The Morgan fingerprint density at radius 1 is 1.17 bits per heavy atom. The van der Waals surface area contributed by atoms with Gasteiger partial charge in [-0.05, 0) is 30.0 Å². The van der Waals surface area contributed by atoms with E-state index in [1.54, 1.807) is 31.2 Å². The van der Waals surface area contributed by atoms with Crippen molar-refractivity contribution in [2.24, 2.45) is 5.41 Å². The molecule has 11 nitrogen and oxygen atoms in total. The maximum Gasteiger partial charge on any atom is 0.407 e. The second-order valence-electron chi connectivity index (χ2n) is 9.68. The lowest BCUT2D eigenvalue weighted by Gasteiger charge is -2.44. The van der Waals surface area contributed by atoms with Gasteiger partial charge in [-0.2, -0.15) is 8.42 Å². The summed E-state index contributed by atoms with van der Waals surface area (Å²) in [6.45, 7) is 8.17. The molecule has 0 spiro atoms. The molecule has 1 N–H and O–H groups in total. The number of aromatic nitrogens is 2. The van der Waals surface area contributed by atoms with E-state index in [0.717, 1.165) is 0 Å². The third-order valence-corrected chi connectivity index (χ3v) is 7.03. The minimum Gasteiger partial charge on any atom is -0.474 e. The Hall–Kier alpha value is -2.96. The summed E-state index contributed by atoms with van der Waals surface area (Å²) in [6.07, 6.45) is 0.660. The summed E-state index contributed by atoms with van der Waals surface area (Å²) in [5.74, 6) is 1.20. The normalized spacial score (nSPS) is 24.2. The molecule has 0 saturated carbocycles. The number of hydrogen-bond acceptors (Lipinski definition) is 9. The van der Waals surface area contributed by atoms with Crippen LogP contribution in [0.4, 0.5) is 4.79 Å². The van der Waals surface area contributed by atoms with Crippen molar-refractivity contribution in [1.82, 2.24) is 14.9 Å². The SMILES string of the molecule is Cc1c(Oc2ccc(C3COS(=O)(=O)O3)cc2)ncnc1OC1CCN(C(=O)O)C(C(C)(C)C)C1. The fraction of sp³-hybridized carbons (Fsp3) is 0.522. The van der Waals surface area contributed by atoms with E-state index >= 15 is 0 Å². The molecule has 1 aromatic heterocycles. The van der Waals surface area contributed by atoms with Gasteiger partial charge in [-0.15, -0.1) is 0 Å². The minimum atomic E-state index is -3.94. The quantitative estimate of drug-likeness (QED) is 0.635. The molecule has 3 atom stereocenters. The molecular formula is C23H29N3O8S. The lowest BCUT2D eigenvalue weighted by Crippen LogP contribution is -2.53. The van der Waals surface area contributed by atoms with Gasteiger partial charge in [-0.25, -0.2) is 23.1 Å². The molecule has 2 fully saturated rings. The topological polar surface area (TPSA) is 137 Å². The highest BCUT2D eigenvalue weighted by Crippen LogP contribution is 2.35. The summed E-state index contributed by atoms with van der Waals surface area (Å²) in [7, 11) is -3.94. The highest BCUT2D eigenvalue weighted by atomic mass is 32.3. The standard InChI is InChI=1S/C23H29N3O8S/c1-14-20(32-16-7-5-15(6-8-16)18-12-31-35(29,30)34-18)24-13-25-21(14)33-17-9-10-26(22(27)28)19(11-17)23(2,3)4/h5-8,13,17-19H,9-12H2,1-4H3,(H,27,28). The summed E-state index contributed by atoms with van der Waals surface area (Å²) < 4.78 is 44.3. The third kappa shape index (κ3) is 5.82. The van der Waals surface area contributed by atoms with E-state index in [4.69, 9.17) is 13.7 Å². The van der Waals surface area contributed by atoms with Gasteiger partial charge in [-0.3, -0.25) is 0 Å². The molecule has 0 bridgehead atoms. The molecule has 4 rings (SSSR count). The number of rotatable bonds is 5. The van der Waals surface area contributed by atoms with Crippen LogP contribution >= 0.6 is 0 Å². The van der Waals surface area contributed by atoms with Crippen LogP contribution in [-0.4, -0.2) is 59.8 Å². The zero-order valence-electron chi connectivity index (χ0n) is 20.0. The lowest BCUT2D eigenvalue weighted by atomic mass is 9.80. The summed E-state index contributed by atoms with van der Waals surface area (Å²) >= 11 is 0. The van der Waals surface area contributed by atoms with Crippen molar-refractivity contribution >= 4 is 16.5 Å². The first-order chi connectivity index (χ1) is 16.4. The first-order valence-corrected chi connectivity index (χ1v) is 12.6. The van der Waals surface area contributed by atoms with E-state index in [9.17, 15) is 18.3 Å². The first kappa shape index (κ1) is 25.1. The third-order valence-electron chi connectivity index (χ3n) is 6.13. The maximum atomic E-state index is 11.7. The summed E-state index contributed by atoms with van der Waals surface area (Å²) in [5, 5.41) is 9.58. The fourth-order valence-corrected chi connectivity index (χ4v) is 5.04. The number of ether oxygens (including phenoxy) is 2. The highest BCUT2D eigenvalue weighted by molar-refractivity contribution is 7.82. The van der Waals surface area contributed by atoms with Crippen LogP contribution in [0.2, 0.25) is 0 Å². The van der Waals surface area contributed by atoms with Crippen LogP contribution in [0.3, 0.4) is 0 Å². The van der Waals surface area contributed by atoms with Crippen LogP contribution in [0.15, 0.2) is 30.6 Å². The zero-order chi connectivity index (χ0) is 25.4. The predicted octanol–water partition coefficient (Wildman–Crippen LogP) is 3.85. The molecule has 35 heavy (non-hydrogen) atoms. The van der Waals surface area contributed by atoms with Crippen molar-refractivity contribution in [1.29, 1.82) is 0 Å². The number of hydrogen-bond donors (Lipinski definition) is 1. The monoisotopic (exact) mass is 507 g/mol. The second kappa shape index (κ2) is 9.59. The number of piperidine rings is 1. The Bertz CT molecular complexity index is 1180. The maximum absolute atomic E-state index is 11.7. The van der Waals surface area contributed by atoms with Gasteiger partial charge < -0.3 is 19.5 Å². The van der Waals surface area contributed by atoms with Gasteiger partial charge in [0.05, 0.1) is 5.56 Å². The van der Waals surface area contributed by atoms with E-state index in [0.29, 0.717) is 48.0 Å². The summed E-state index contributed by atoms with van der Waals surface area (Å²) in [5.41, 5.74) is 1.02. The summed E-state index contributed by atoms with van der Waals surface area (Å²) in [4.78, 5) is 21.6. The Labute approximate surface area is 204 Å². The average molecular weight is 508 g/mol. The number of likely N-dealkylation sites (tertiary alicyclic amines) is 1. The van der Waals surface area contributed by atoms with Gasteiger partial charge >= 0.3 is 16.5 Å². The number of benzene rings is 1. The van der Waals surface area contributed by atoms with Crippen LogP contribution in [0.5, 0.6) is 17.5 Å². The number of amides is 1. The molecule has 2 aromatic rings. The molecule has 190 valence electrons. The van der Waals surface area contributed by atoms with Crippen molar-refractivity contribution < 1.29 is 36.2 Å². The van der Waals surface area contributed by atoms with Crippen molar-refractivity contribution in [3.8, 4) is 17.5 Å². The zero-order valence-corrected chi connectivity index (χ0v) is 20.8. The van der Waals surface area contributed by atoms with Crippen molar-refractivity contribution in [3.63, 3.8) is 0 Å². The molecule has 12 heteroatoms. The van der Waals surface area contributed by atoms with Crippen LogP contribution in [0.25, 0.3) is 0 Å². The van der Waals surface area contributed by atoms with Gasteiger partial charge in [0.15, 0.2) is 0 Å². The fourth-order valence-electron chi connectivity index (χ4n) is 4.25. The van der Waals surface area contributed by atoms with Crippen LogP contribution in [-0.2, 0) is 18.8 Å². The van der Waals surface area contributed by atoms with E-state index in [1.807, 2.05) is 20.8 Å². The number of carbonyl (C=O) groups is 1. The van der Waals surface area contributed by atoms with Gasteiger partial charge in [0.25, 0.3) is 0 Å². The van der Waals surface area contributed by atoms with Crippen molar-refractivity contribution in [2.75, 3.05) is 13.2 Å². The van der Waals surface area contributed by atoms with Crippen molar-refractivity contribution in [3.05, 3.63) is 41.7 Å². The molecule has 1 aromatic carbocycles. The molecule has 3 heterocycles. The van der Waals surface area contributed by atoms with Gasteiger partial charge in [0.1, 0.15) is 30.9 Å². The Balaban J connectivity index is 1.44. The van der Waals surface area contributed by atoms with Gasteiger partial charge in [0.2, 0.25) is 11.8 Å². The molecule has 1 amide bonds.